The van der Waals surface area contributed by atoms with E-state index in [1.54, 1.807) is 0 Å². The van der Waals surface area contributed by atoms with Gasteiger partial charge in [0.2, 0.25) is 0 Å². The summed E-state index contributed by atoms with van der Waals surface area (Å²) in [6, 6.07) is 1.19. The largest absolute Gasteiger partial charge is 0.560 e. The quantitative estimate of drug-likeness (QED) is 0.259. The zero-order valence-corrected chi connectivity index (χ0v) is 22.8. The second-order valence-corrected chi connectivity index (χ2v) is 16.0. The van der Waals surface area contributed by atoms with Gasteiger partial charge in [-0.1, -0.05) is 53.9 Å². The van der Waals surface area contributed by atoms with Crippen LogP contribution in [0.2, 0.25) is 17.6 Å². The minimum Gasteiger partial charge on any atom is -0.560 e. The summed E-state index contributed by atoms with van der Waals surface area (Å²) in [7, 11) is -1.92. The summed E-state index contributed by atoms with van der Waals surface area (Å²) in [6.07, 6.45) is 8.24. The molecule has 0 bridgehead atoms. The standard InChI is InChI=1S/C25H53NO2Si/c1-12-24(9,13-2)28-29(11,25(10,14-3)15-4)18-16-17-27-21-19-22(5,6)26-23(7,8)20-21/h21,26H,12-20H2,1-11H3/q-1. The van der Waals surface area contributed by atoms with Crippen molar-refractivity contribution < 1.29 is 9.16 Å². The molecular weight excluding hydrogens is 374 g/mol. The fourth-order valence-corrected chi connectivity index (χ4v) is 10.1. The van der Waals surface area contributed by atoms with Crippen LogP contribution in [-0.4, -0.2) is 37.7 Å². The molecule has 175 valence electrons. The molecule has 29 heavy (non-hydrogen) atoms. The highest BCUT2D eigenvalue weighted by molar-refractivity contribution is 6.75. The molecule has 0 saturated carbocycles. The summed E-state index contributed by atoms with van der Waals surface area (Å²) in [5, 5.41) is 4.07. The lowest BCUT2D eigenvalue weighted by Crippen LogP contribution is -2.59. The Morgan fingerprint density at radius 3 is 1.79 bits per heavy atom. The molecule has 0 aromatic carbocycles. The van der Waals surface area contributed by atoms with Gasteiger partial charge in [0.1, 0.15) is 0 Å². The molecule has 0 aliphatic carbocycles. The third-order valence-electron chi connectivity index (χ3n) is 8.11. The third-order valence-corrected chi connectivity index (χ3v) is 13.6. The first-order valence-corrected chi connectivity index (χ1v) is 14.9. The van der Waals surface area contributed by atoms with Gasteiger partial charge in [0.05, 0.1) is 6.10 Å². The summed E-state index contributed by atoms with van der Waals surface area (Å²) in [4.78, 5) is 0. The van der Waals surface area contributed by atoms with E-state index in [-0.39, 0.29) is 16.7 Å². The highest BCUT2D eigenvalue weighted by Crippen LogP contribution is 2.49. The zero-order chi connectivity index (χ0) is 22.6. The average Bonchev–Trinajstić information content (AvgIpc) is 2.61. The van der Waals surface area contributed by atoms with Gasteiger partial charge in [-0.15, -0.1) is 17.6 Å². The first-order valence-electron chi connectivity index (χ1n) is 12.3. The molecule has 1 rings (SSSR count). The van der Waals surface area contributed by atoms with Gasteiger partial charge in [-0.2, -0.15) is 0 Å². The van der Waals surface area contributed by atoms with E-state index in [1.807, 2.05) is 0 Å². The lowest BCUT2D eigenvalue weighted by molar-refractivity contribution is -0.0221. The molecule has 1 heterocycles. The van der Waals surface area contributed by atoms with Crippen molar-refractivity contribution in [3.05, 3.63) is 0 Å². The Morgan fingerprint density at radius 1 is 0.897 bits per heavy atom. The summed E-state index contributed by atoms with van der Waals surface area (Å²) < 4.78 is 13.5. The van der Waals surface area contributed by atoms with Crippen molar-refractivity contribution in [1.29, 1.82) is 0 Å². The number of nitrogens with one attached hydrogen (secondary N) is 1. The summed E-state index contributed by atoms with van der Waals surface area (Å²) in [6.45, 7) is 26.6. The van der Waals surface area contributed by atoms with Gasteiger partial charge < -0.3 is 14.5 Å². The highest BCUT2D eigenvalue weighted by atomic mass is 28.4. The second kappa shape index (κ2) is 10.1. The van der Waals surface area contributed by atoms with Crippen molar-refractivity contribution >= 4 is 8.32 Å². The molecule has 0 radical (unpaired) electrons. The third kappa shape index (κ3) is 7.33. The van der Waals surface area contributed by atoms with Crippen LogP contribution in [0, 0.1) is 0 Å². The van der Waals surface area contributed by atoms with Crippen molar-refractivity contribution in [2.45, 2.75) is 155 Å². The molecule has 1 saturated heterocycles. The van der Waals surface area contributed by atoms with Gasteiger partial charge in [-0.05, 0) is 68.6 Å². The minimum atomic E-state index is -1.92. The van der Waals surface area contributed by atoms with E-state index in [2.05, 4.69) is 81.1 Å². The van der Waals surface area contributed by atoms with Crippen LogP contribution in [0.1, 0.15) is 114 Å². The van der Waals surface area contributed by atoms with E-state index in [4.69, 9.17) is 9.16 Å². The molecule has 1 N–H and O–H groups in total. The van der Waals surface area contributed by atoms with Crippen LogP contribution in [0.5, 0.6) is 0 Å². The molecule has 0 spiro atoms. The Bertz CT molecular complexity index is 481. The summed E-state index contributed by atoms with van der Waals surface area (Å²) >= 11 is 0. The van der Waals surface area contributed by atoms with E-state index >= 15 is 0 Å². The van der Waals surface area contributed by atoms with E-state index in [1.165, 1.54) is 18.9 Å². The first kappa shape index (κ1) is 27.1. The highest BCUT2D eigenvalue weighted by Gasteiger charge is 2.39. The van der Waals surface area contributed by atoms with Crippen molar-refractivity contribution in [1.82, 2.24) is 5.32 Å². The molecule has 3 nitrogen and oxygen atoms in total. The van der Waals surface area contributed by atoms with E-state index in [0.29, 0.717) is 11.1 Å². The predicted octanol–water partition coefficient (Wildman–Crippen LogP) is 7.45. The van der Waals surface area contributed by atoms with Crippen LogP contribution >= 0.6 is 0 Å². The second-order valence-electron chi connectivity index (χ2n) is 11.7. The molecule has 1 fully saturated rings. The normalized spacial score (nSPS) is 22.4. The van der Waals surface area contributed by atoms with Gasteiger partial charge >= 0.3 is 0 Å². The molecule has 1 aliphatic heterocycles. The maximum atomic E-state index is 7.10. The van der Waals surface area contributed by atoms with E-state index < -0.39 is 8.32 Å². The molecule has 1 atom stereocenters. The number of ether oxygens (including phenoxy) is 1. The fourth-order valence-electron chi connectivity index (χ4n) is 5.42. The Labute approximate surface area is 184 Å². The van der Waals surface area contributed by atoms with Crippen LogP contribution < -0.4 is 5.32 Å². The van der Waals surface area contributed by atoms with Crippen LogP contribution in [0.3, 0.4) is 0 Å². The lowest BCUT2D eigenvalue weighted by Gasteiger charge is -2.59. The van der Waals surface area contributed by atoms with E-state index in [0.717, 1.165) is 38.7 Å². The topological polar surface area (TPSA) is 30.5 Å². The van der Waals surface area contributed by atoms with Crippen molar-refractivity contribution in [3.8, 4) is 0 Å². The van der Waals surface area contributed by atoms with Crippen molar-refractivity contribution in [3.63, 3.8) is 0 Å². The molecule has 0 aromatic rings. The fraction of sp³-hybridized carbons (Fsp3) is 1.00. The summed E-state index contributed by atoms with van der Waals surface area (Å²) in [5.74, 6) is 0. The number of rotatable bonds is 12. The van der Waals surface area contributed by atoms with Crippen molar-refractivity contribution in [2.24, 2.45) is 0 Å². The zero-order valence-electron chi connectivity index (χ0n) is 21.8. The van der Waals surface area contributed by atoms with Crippen molar-refractivity contribution in [2.75, 3.05) is 6.61 Å². The maximum Gasteiger partial charge on any atom is 0.0609 e. The van der Waals surface area contributed by atoms with E-state index in [9.17, 15) is 0 Å². The minimum absolute atomic E-state index is 0.0104. The maximum absolute atomic E-state index is 7.10. The average molecular weight is 428 g/mol. The van der Waals surface area contributed by atoms with Gasteiger partial charge in [0, 0.05) is 23.3 Å². The molecule has 0 amide bonds. The molecular formula is C25H53NO2Si-. The Balaban J connectivity index is 2.78. The number of hydrogen-bond acceptors (Lipinski definition) is 3. The number of hydrogen-bond donors (Lipinski definition) is 1. The molecule has 0 aromatic heterocycles. The van der Waals surface area contributed by atoms with Crippen LogP contribution in [0.4, 0.5) is 0 Å². The van der Waals surface area contributed by atoms with Gasteiger partial charge in [0.15, 0.2) is 0 Å². The monoisotopic (exact) mass is 427 g/mol. The molecule has 1 aliphatic rings. The molecule has 1 unspecified atom stereocenters. The summed E-state index contributed by atoms with van der Waals surface area (Å²) in [5.41, 5.74) is 0.300. The Hall–Kier alpha value is 0.0969. The first-order chi connectivity index (χ1) is 13.2. The van der Waals surface area contributed by atoms with Gasteiger partial charge in [-0.25, -0.2) is 0 Å². The Kier molecular flexibility index (Phi) is 9.49. The Morgan fingerprint density at radius 2 is 1.38 bits per heavy atom. The predicted molar refractivity (Wildman–Crippen MR) is 130 cm³/mol. The van der Waals surface area contributed by atoms with Crippen LogP contribution in [0.15, 0.2) is 0 Å². The smallest absolute Gasteiger partial charge is 0.0609 e. The SMILES string of the molecule is CCC(C)(CC)O[Si-](C)(CCCOC1CC(C)(C)NC(C)(C)C1)C(C)(CC)CC. The van der Waals surface area contributed by atoms with Gasteiger partial charge in [0.25, 0.3) is 0 Å². The molecule has 4 heteroatoms. The lowest BCUT2D eigenvalue weighted by atomic mass is 9.81. The van der Waals surface area contributed by atoms with Gasteiger partial charge in [-0.3, -0.25) is 0 Å². The van der Waals surface area contributed by atoms with Crippen LogP contribution in [-0.2, 0) is 9.16 Å². The number of piperidine rings is 1. The van der Waals surface area contributed by atoms with Crippen LogP contribution in [0.25, 0.3) is 0 Å².